The first-order chi connectivity index (χ1) is 15.1. The molecule has 12 heteroatoms. The molecule has 2 aliphatic rings. The number of anilines is 2. The number of hydrazone groups is 1. The smallest absolute Gasteiger partial charge is 0.184 e. The Hall–Kier alpha value is -3.61. The number of halogens is 2. The predicted molar refractivity (Wildman–Crippen MR) is 107 cm³/mol. The number of nitrogens with one attached hydrogen (secondary N) is 2. The lowest BCUT2D eigenvalue weighted by Crippen LogP contribution is -2.42. The van der Waals surface area contributed by atoms with Crippen LogP contribution < -0.4 is 21.8 Å². The largest absolute Gasteiger partial charge is 0.383 e. The van der Waals surface area contributed by atoms with Crippen LogP contribution in [0.4, 0.5) is 20.3 Å². The molecule has 5 rings (SSSR count). The van der Waals surface area contributed by atoms with Gasteiger partial charge in [0.2, 0.25) is 0 Å². The minimum absolute atomic E-state index is 0.0485. The summed E-state index contributed by atoms with van der Waals surface area (Å²) in [5.74, 6) is -1.58. The van der Waals surface area contributed by atoms with Crippen molar-refractivity contribution in [2.45, 2.75) is 12.6 Å². The van der Waals surface area contributed by atoms with Crippen molar-refractivity contribution in [1.82, 2.24) is 25.8 Å². The molecule has 2 aromatic heterocycles. The molecule has 1 unspecified atom stereocenters. The van der Waals surface area contributed by atoms with Crippen LogP contribution in [0.5, 0.6) is 0 Å². The van der Waals surface area contributed by atoms with Crippen LogP contribution in [0.3, 0.4) is 0 Å². The van der Waals surface area contributed by atoms with E-state index in [2.05, 4.69) is 26.3 Å². The van der Waals surface area contributed by atoms with Crippen molar-refractivity contribution in [1.29, 1.82) is 0 Å². The van der Waals surface area contributed by atoms with E-state index in [1.807, 2.05) is 6.20 Å². The molecule has 0 radical (unpaired) electrons. The van der Waals surface area contributed by atoms with E-state index in [9.17, 15) is 8.78 Å². The Bertz CT molecular complexity index is 1150. The molecule has 31 heavy (non-hydrogen) atoms. The second-order valence-corrected chi connectivity index (χ2v) is 6.95. The summed E-state index contributed by atoms with van der Waals surface area (Å²) in [6.45, 7) is 1.37. The average Bonchev–Trinajstić information content (AvgIpc) is 3.53. The minimum atomic E-state index is -1.02. The van der Waals surface area contributed by atoms with E-state index in [0.29, 0.717) is 18.7 Å². The molecule has 3 aromatic rings. The summed E-state index contributed by atoms with van der Waals surface area (Å²) < 4.78 is 40.5. The highest BCUT2D eigenvalue weighted by Crippen LogP contribution is 2.27. The van der Waals surface area contributed by atoms with Gasteiger partial charge < -0.3 is 15.2 Å². The zero-order valence-electron chi connectivity index (χ0n) is 16.1. The highest BCUT2D eigenvalue weighted by molar-refractivity contribution is 6.13. The van der Waals surface area contributed by atoms with Crippen LogP contribution in [0.25, 0.3) is 11.1 Å². The molecule has 2 aliphatic heterocycles. The zero-order valence-corrected chi connectivity index (χ0v) is 16.1. The summed E-state index contributed by atoms with van der Waals surface area (Å²) in [4.78, 5) is 4.25. The van der Waals surface area contributed by atoms with Crippen molar-refractivity contribution >= 4 is 17.3 Å². The maximum atomic E-state index is 14.3. The van der Waals surface area contributed by atoms with Gasteiger partial charge in [0.25, 0.3) is 0 Å². The summed E-state index contributed by atoms with van der Waals surface area (Å²) >= 11 is 0. The molecule has 0 spiro atoms. The Labute approximate surface area is 175 Å². The summed E-state index contributed by atoms with van der Waals surface area (Å²) in [6.07, 6.45) is 5.12. The van der Waals surface area contributed by atoms with Gasteiger partial charge in [-0.15, -0.1) is 10.6 Å². The molecule has 1 saturated heterocycles. The van der Waals surface area contributed by atoms with Crippen LogP contribution >= 0.6 is 0 Å². The number of amidine groups is 1. The highest BCUT2D eigenvalue weighted by Gasteiger charge is 2.27. The topological polar surface area (TPSA) is 115 Å². The third-order valence-electron chi connectivity index (χ3n) is 4.92. The second-order valence-electron chi connectivity index (χ2n) is 6.95. The van der Waals surface area contributed by atoms with Gasteiger partial charge in [-0.05, 0) is 18.2 Å². The fourth-order valence-corrected chi connectivity index (χ4v) is 3.36. The maximum Gasteiger partial charge on any atom is 0.184 e. The van der Waals surface area contributed by atoms with Gasteiger partial charge in [0, 0.05) is 23.5 Å². The normalized spacial score (nSPS) is 18.3. The number of rotatable bonds is 5. The number of benzene rings is 1. The van der Waals surface area contributed by atoms with Crippen molar-refractivity contribution in [2.24, 2.45) is 5.10 Å². The lowest BCUT2D eigenvalue weighted by Gasteiger charge is -2.20. The van der Waals surface area contributed by atoms with Crippen LogP contribution in [-0.4, -0.2) is 40.1 Å². The Kier molecular flexibility index (Phi) is 4.94. The fourth-order valence-electron chi connectivity index (χ4n) is 3.36. The predicted octanol–water partition coefficient (Wildman–Crippen LogP) is 1.37. The van der Waals surface area contributed by atoms with Crippen molar-refractivity contribution in [3.63, 3.8) is 0 Å². The van der Waals surface area contributed by atoms with Crippen LogP contribution in [-0.2, 0) is 16.0 Å². The molecule has 0 aliphatic carbocycles. The molecule has 0 amide bonds. The first kappa shape index (κ1) is 19.4. The van der Waals surface area contributed by atoms with Gasteiger partial charge in [-0.3, -0.25) is 4.68 Å². The highest BCUT2D eigenvalue weighted by atomic mass is 19.2. The number of ether oxygens (including phenoxy) is 2. The van der Waals surface area contributed by atoms with Crippen LogP contribution in [0, 0.1) is 11.6 Å². The number of nitrogens with two attached hydrogens (primary N) is 1. The molecule has 10 nitrogen and oxygen atoms in total. The van der Waals surface area contributed by atoms with Gasteiger partial charge in [0.15, 0.2) is 17.5 Å². The minimum Gasteiger partial charge on any atom is -0.383 e. The number of nitrogens with zero attached hydrogens (tertiary/aromatic N) is 5. The molecular formula is C19H18F2N8O2. The SMILES string of the molecule is Nc1ncc(-c2cnn(CC3COCO3)c2)cc1C1=NNNN1c1cccc(F)c1F. The van der Waals surface area contributed by atoms with Gasteiger partial charge in [-0.2, -0.15) is 5.10 Å². The maximum absolute atomic E-state index is 14.3. The Morgan fingerprint density at radius 3 is 2.97 bits per heavy atom. The van der Waals surface area contributed by atoms with Crippen molar-refractivity contribution in [3.8, 4) is 11.1 Å². The standard InChI is InChI=1S/C19H18F2N8O2/c20-15-2-1-3-16(17(15)21)29-19(25-26-27-29)14-4-11(5-23-18(14)22)12-6-24-28(7-12)8-13-9-30-10-31-13/h1-7,13,26-27H,8-10H2,(H2,22,23). The second kappa shape index (κ2) is 7.91. The number of hydrogen-bond acceptors (Lipinski definition) is 9. The van der Waals surface area contributed by atoms with E-state index >= 15 is 0 Å². The molecule has 1 atom stereocenters. The number of hydrogen-bond donors (Lipinski definition) is 3. The Morgan fingerprint density at radius 1 is 1.23 bits per heavy atom. The van der Waals surface area contributed by atoms with E-state index in [1.54, 1.807) is 23.1 Å². The summed E-state index contributed by atoms with van der Waals surface area (Å²) in [5, 5.41) is 9.74. The van der Waals surface area contributed by atoms with Gasteiger partial charge in [0.1, 0.15) is 24.4 Å². The van der Waals surface area contributed by atoms with E-state index in [1.165, 1.54) is 17.1 Å². The van der Waals surface area contributed by atoms with E-state index in [4.69, 9.17) is 15.2 Å². The summed E-state index contributed by atoms with van der Waals surface area (Å²) in [6, 6.07) is 5.61. The summed E-state index contributed by atoms with van der Waals surface area (Å²) in [7, 11) is 0. The first-order valence-electron chi connectivity index (χ1n) is 9.40. The number of nitrogen functional groups attached to an aromatic ring is 1. The fraction of sp³-hybridized carbons (Fsp3) is 0.211. The Balaban J connectivity index is 1.45. The average molecular weight is 428 g/mol. The third kappa shape index (κ3) is 3.67. The van der Waals surface area contributed by atoms with Crippen molar-refractivity contribution in [2.75, 3.05) is 24.1 Å². The number of aromatic nitrogens is 3. The third-order valence-corrected chi connectivity index (χ3v) is 4.92. The lowest BCUT2D eigenvalue weighted by atomic mass is 10.1. The van der Waals surface area contributed by atoms with Crippen LogP contribution in [0.2, 0.25) is 0 Å². The van der Waals surface area contributed by atoms with E-state index in [0.717, 1.165) is 17.2 Å². The van der Waals surface area contributed by atoms with Crippen molar-refractivity contribution in [3.05, 3.63) is 60.1 Å². The molecule has 0 saturated carbocycles. The van der Waals surface area contributed by atoms with Gasteiger partial charge >= 0.3 is 0 Å². The van der Waals surface area contributed by atoms with Gasteiger partial charge in [-0.25, -0.2) is 24.3 Å². The zero-order chi connectivity index (χ0) is 21.4. The summed E-state index contributed by atoms with van der Waals surface area (Å²) in [5.41, 5.74) is 13.2. The Morgan fingerprint density at radius 2 is 2.13 bits per heavy atom. The molecule has 1 fully saturated rings. The molecule has 4 heterocycles. The van der Waals surface area contributed by atoms with E-state index < -0.39 is 11.6 Å². The quantitative estimate of drug-likeness (QED) is 0.558. The molecule has 4 N–H and O–H groups in total. The number of pyridine rings is 1. The van der Waals surface area contributed by atoms with Gasteiger partial charge in [-0.1, -0.05) is 6.07 Å². The van der Waals surface area contributed by atoms with Gasteiger partial charge in [0.05, 0.1) is 24.9 Å². The molecule has 0 bridgehead atoms. The molecular weight excluding hydrogens is 410 g/mol. The monoisotopic (exact) mass is 428 g/mol. The van der Waals surface area contributed by atoms with Crippen LogP contribution in [0.15, 0.2) is 48.0 Å². The lowest BCUT2D eigenvalue weighted by molar-refractivity contribution is 0.0413. The van der Waals surface area contributed by atoms with Crippen molar-refractivity contribution < 1.29 is 18.3 Å². The number of hydrazine groups is 2. The molecule has 160 valence electrons. The van der Waals surface area contributed by atoms with Crippen LogP contribution in [0.1, 0.15) is 5.56 Å². The van der Waals surface area contributed by atoms with E-state index in [-0.39, 0.29) is 30.2 Å². The first-order valence-corrected chi connectivity index (χ1v) is 9.40. The molecule has 1 aromatic carbocycles.